The van der Waals surface area contributed by atoms with Gasteiger partial charge in [0.05, 0.1) is 13.2 Å². The van der Waals surface area contributed by atoms with E-state index in [0.717, 1.165) is 22.4 Å². The molecule has 0 radical (unpaired) electrons. The molecule has 0 spiro atoms. The summed E-state index contributed by atoms with van der Waals surface area (Å²) >= 11 is 5.78. The summed E-state index contributed by atoms with van der Waals surface area (Å²) in [4.78, 5) is 12.3. The molecule has 4 rings (SSSR count). The number of hydrogen-bond donors (Lipinski definition) is 1. The highest BCUT2D eigenvalue weighted by Gasteiger charge is 2.10. The van der Waals surface area contributed by atoms with Gasteiger partial charge in [-0.1, -0.05) is 30.0 Å². The van der Waals surface area contributed by atoms with E-state index in [9.17, 15) is 4.79 Å². The third-order valence-electron chi connectivity index (χ3n) is 4.59. The van der Waals surface area contributed by atoms with Crippen LogP contribution in [0, 0.1) is 11.8 Å². The summed E-state index contributed by atoms with van der Waals surface area (Å²) in [5.41, 5.74) is 6.62. The summed E-state index contributed by atoms with van der Waals surface area (Å²) in [6.45, 7) is 1.35. The Bertz CT molecular complexity index is 1060. The minimum Gasteiger partial charge on any atom is -0.372 e. The Balaban J connectivity index is 1.42. The number of carbonyl (C=O) groups excluding carboxylic acids is 1. The zero-order valence-electron chi connectivity index (χ0n) is 15.2. The highest BCUT2D eigenvalue weighted by molar-refractivity contribution is 6.17. The van der Waals surface area contributed by atoms with E-state index in [1.807, 2.05) is 42.5 Å². The molecule has 3 nitrogen and oxygen atoms in total. The number of ether oxygens (including phenoxy) is 1. The molecule has 1 aliphatic heterocycles. The molecule has 1 heterocycles. The number of fused-ring (bicyclic) bond motifs is 1. The monoisotopic (exact) mass is 387 g/mol. The Morgan fingerprint density at radius 2 is 1.57 bits per heavy atom. The summed E-state index contributed by atoms with van der Waals surface area (Å²) in [7, 11) is 0. The minimum atomic E-state index is -0.152. The predicted octanol–water partition coefficient (Wildman–Crippen LogP) is 5.11. The molecule has 28 heavy (non-hydrogen) atoms. The van der Waals surface area contributed by atoms with Crippen LogP contribution in [0.4, 0.5) is 5.69 Å². The van der Waals surface area contributed by atoms with E-state index in [4.69, 9.17) is 16.3 Å². The zero-order valence-corrected chi connectivity index (χ0v) is 15.9. The first-order chi connectivity index (χ1) is 13.7. The molecule has 1 amide bonds. The van der Waals surface area contributed by atoms with Crippen molar-refractivity contribution in [2.75, 3.05) is 5.32 Å². The molecule has 1 aliphatic rings. The average Bonchev–Trinajstić information content (AvgIpc) is 3.21. The van der Waals surface area contributed by atoms with Crippen LogP contribution in [0.5, 0.6) is 0 Å². The van der Waals surface area contributed by atoms with Crippen molar-refractivity contribution >= 4 is 23.2 Å². The van der Waals surface area contributed by atoms with Gasteiger partial charge in [0.25, 0.3) is 5.91 Å². The maximum atomic E-state index is 12.3. The first kappa shape index (κ1) is 18.3. The molecule has 4 heteroatoms. The summed E-state index contributed by atoms with van der Waals surface area (Å²) in [6.07, 6.45) is 0. The molecular weight excluding hydrogens is 370 g/mol. The van der Waals surface area contributed by atoms with E-state index >= 15 is 0 Å². The second kappa shape index (κ2) is 8.31. The third kappa shape index (κ3) is 4.26. The Morgan fingerprint density at radius 1 is 0.893 bits per heavy atom. The molecule has 0 aliphatic carbocycles. The molecule has 0 aromatic heterocycles. The van der Waals surface area contributed by atoms with E-state index < -0.39 is 0 Å². The number of amides is 1. The molecule has 3 aromatic carbocycles. The first-order valence-electron chi connectivity index (χ1n) is 8.99. The van der Waals surface area contributed by atoms with E-state index in [1.165, 1.54) is 11.1 Å². The quantitative estimate of drug-likeness (QED) is 0.501. The number of benzene rings is 3. The molecule has 0 unspecified atom stereocenters. The number of hydrogen-bond acceptors (Lipinski definition) is 2. The second-order valence-corrected chi connectivity index (χ2v) is 6.86. The van der Waals surface area contributed by atoms with Crippen LogP contribution >= 0.6 is 11.6 Å². The van der Waals surface area contributed by atoms with Crippen molar-refractivity contribution in [3.05, 3.63) is 100 Å². The highest BCUT2D eigenvalue weighted by Crippen LogP contribution is 2.20. The Morgan fingerprint density at radius 3 is 2.32 bits per heavy atom. The molecule has 3 aromatic rings. The number of rotatable bonds is 3. The molecule has 0 fully saturated rings. The van der Waals surface area contributed by atoms with Crippen molar-refractivity contribution in [2.24, 2.45) is 0 Å². The molecular formula is C24H18ClNO2. The lowest BCUT2D eigenvalue weighted by Crippen LogP contribution is -2.11. The van der Waals surface area contributed by atoms with Crippen molar-refractivity contribution in [1.29, 1.82) is 0 Å². The number of halogens is 1. The lowest BCUT2D eigenvalue weighted by atomic mass is 10.1. The lowest BCUT2D eigenvalue weighted by molar-refractivity contribution is 0.102. The average molecular weight is 388 g/mol. The van der Waals surface area contributed by atoms with Gasteiger partial charge in [-0.25, -0.2) is 0 Å². The van der Waals surface area contributed by atoms with Gasteiger partial charge in [0.1, 0.15) is 0 Å². The van der Waals surface area contributed by atoms with Gasteiger partial charge in [0, 0.05) is 28.3 Å². The SMILES string of the molecule is O=C(Nc1ccc(C#Cc2ccc3c(c2)COC3)cc1)c1ccc(CCl)cc1. The maximum absolute atomic E-state index is 12.3. The Hall–Kier alpha value is -3.06. The number of carbonyl (C=O) groups is 1. The van der Waals surface area contributed by atoms with Gasteiger partial charge < -0.3 is 10.1 Å². The van der Waals surface area contributed by atoms with Gasteiger partial charge in [0.15, 0.2) is 0 Å². The van der Waals surface area contributed by atoms with Crippen LogP contribution in [0.1, 0.15) is 38.2 Å². The smallest absolute Gasteiger partial charge is 0.255 e. The van der Waals surface area contributed by atoms with Crippen molar-refractivity contribution in [3.8, 4) is 11.8 Å². The minimum absolute atomic E-state index is 0.152. The van der Waals surface area contributed by atoms with Gasteiger partial charge >= 0.3 is 0 Å². The van der Waals surface area contributed by atoms with E-state index in [0.29, 0.717) is 24.7 Å². The summed E-state index contributed by atoms with van der Waals surface area (Å²) in [6, 6.07) is 20.9. The topological polar surface area (TPSA) is 38.3 Å². The number of anilines is 1. The van der Waals surface area contributed by atoms with Gasteiger partial charge in [-0.3, -0.25) is 4.79 Å². The van der Waals surface area contributed by atoms with E-state index in [2.05, 4.69) is 29.3 Å². The van der Waals surface area contributed by atoms with Crippen LogP contribution in [0.3, 0.4) is 0 Å². The Kier molecular flexibility index (Phi) is 5.43. The maximum Gasteiger partial charge on any atom is 0.255 e. The van der Waals surface area contributed by atoms with Crippen LogP contribution in [0.25, 0.3) is 0 Å². The Labute approximate surface area is 169 Å². The van der Waals surface area contributed by atoms with Crippen molar-refractivity contribution in [3.63, 3.8) is 0 Å². The van der Waals surface area contributed by atoms with Gasteiger partial charge in [-0.15, -0.1) is 11.6 Å². The molecule has 0 saturated heterocycles. The van der Waals surface area contributed by atoms with Gasteiger partial charge in [-0.2, -0.15) is 0 Å². The van der Waals surface area contributed by atoms with Gasteiger partial charge in [0.2, 0.25) is 0 Å². The predicted molar refractivity (Wildman–Crippen MR) is 111 cm³/mol. The second-order valence-electron chi connectivity index (χ2n) is 6.59. The first-order valence-corrected chi connectivity index (χ1v) is 9.52. The number of alkyl halides is 1. The third-order valence-corrected chi connectivity index (χ3v) is 4.89. The molecule has 0 atom stereocenters. The highest BCUT2D eigenvalue weighted by atomic mass is 35.5. The van der Waals surface area contributed by atoms with Crippen molar-refractivity contribution in [2.45, 2.75) is 19.1 Å². The molecule has 0 bridgehead atoms. The molecule has 1 N–H and O–H groups in total. The van der Waals surface area contributed by atoms with Crippen LogP contribution in [0.2, 0.25) is 0 Å². The lowest BCUT2D eigenvalue weighted by Gasteiger charge is -2.06. The summed E-state index contributed by atoms with van der Waals surface area (Å²) in [5, 5.41) is 2.89. The number of nitrogens with one attached hydrogen (secondary N) is 1. The summed E-state index contributed by atoms with van der Waals surface area (Å²) in [5.74, 6) is 6.63. The van der Waals surface area contributed by atoms with Crippen molar-refractivity contribution in [1.82, 2.24) is 0 Å². The van der Waals surface area contributed by atoms with E-state index in [-0.39, 0.29) is 5.91 Å². The standard InChI is InChI=1S/C24H18ClNO2/c25-14-19-4-8-20(9-5-19)24(27)26-23-11-6-17(7-12-23)1-2-18-3-10-21-15-28-16-22(21)13-18/h3-13H,14-16H2,(H,26,27). The fourth-order valence-corrected chi connectivity index (χ4v) is 3.16. The summed E-state index contributed by atoms with van der Waals surface area (Å²) < 4.78 is 5.43. The fraction of sp³-hybridized carbons (Fsp3) is 0.125. The molecule has 0 saturated carbocycles. The normalized spacial score (nSPS) is 12.0. The van der Waals surface area contributed by atoms with Crippen molar-refractivity contribution < 1.29 is 9.53 Å². The largest absolute Gasteiger partial charge is 0.372 e. The van der Waals surface area contributed by atoms with Crippen LogP contribution in [-0.4, -0.2) is 5.91 Å². The van der Waals surface area contributed by atoms with E-state index in [1.54, 1.807) is 12.1 Å². The van der Waals surface area contributed by atoms with Gasteiger partial charge in [-0.05, 0) is 65.2 Å². The van der Waals surface area contributed by atoms with Crippen LogP contribution < -0.4 is 5.32 Å². The van der Waals surface area contributed by atoms with Crippen LogP contribution in [-0.2, 0) is 23.8 Å². The zero-order chi connectivity index (χ0) is 19.3. The molecule has 138 valence electrons. The fourth-order valence-electron chi connectivity index (χ4n) is 2.98. The van der Waals surface area contributed by atoms with Crippen LogP contribution in [0.15, 0.2) is 66.7 Å².